The number of nitrogens with zero attached hydrogens (tertiary/aromatic N) is 3. The Hall–Kier alpha value is -8.19. The summed E-state index contributed by atoms with van der Waals surface area (Å²) in [5.74, 6) is 0.669. The van der Waals surface area contributed by atoms with Gasteiger partial charge >= 0.3 is 0 Å². The van der Waals surface area contributed by atoms with Gasteiger partial charge in [-0.1, -0.05) is 194 Å². The van der Waals surface area contributed by atoms with Crippen LogP contribution in [0, 0.1) is 11.3 Å². The third-order valence-electron chi connectivity index (χ3n) is 11.7. The largest absolute Gasteiger partial charge is 0.228 e. The van der Waals surface area contributed by atoms with E-state index in [9.17, 15) is 5.26 Å². The summed E-state index contributed by atoms with van der Waals surface area (Å²) in [6.07, 6.45) is 0. The average molecular weight is 762 g/mol. The molecule has 1 aliphatic carbocycles. The van der Waals surface area contributed by atoms with E-state index in [1.165, 1.54) is 44.2 Å². The minimum absolute atomic E-state index is 0.649. The van der Waals surface area contributed by atoms with Crippen molar-refractivity contribution in [1.82, 2.24) is 9.97 Å². The highest BCUT2D eigenvalue weighted by Crippen LogP contribution is 2.52. The summed E-state index contributed by atoms with van der Waals surface area (Å²) >= 11 is 0. The first-order valence-electron chi connectivity index (χ1n) is 20.2. The van der Waals surface area contributed by atoms with Gasteiger partial charge in [0.15, 0.2) is 5.82 Å². The van der Waals surface area contributed by atoms with Crippen LogP contribution < -0.4 is 0 Å². The minimum atomic E-state index is 0.649. The molecule has 0 amide bonds. The Morgan fingerprint density at radius 1 is 0.283 bits per heavy atom. The van der Waals surface area contributed by atoms with Crippen molar-refractivity contribution < 1.29 is 0 Å². The van der Waals surface area contributed by atoms with Crippen LogP contribution in [0.2, 0.25) is 0 Å². The van der Waals surface area contributed by atoms with Crippen molar-refractivity contribution in [2.75, 3.05) is 0 Å². The second kappa shape index (κ2) is 14.6. The normalized spacial score (nSPS) is 11.3. The Labute approximate surface area is 349 Å². The highest BCUT2D eigenvalue weighted by Gasteiger charge is 2.25. The molecule has 0 bridgehead atoms. The number of nitriles is 1. The maximum absolute atomic E-state index is 9.54. The summed E-state index contributed by atoms with van der Waals surface area (Å²) < 4.78 is 0. The molecule has 3 nitrogen and oxygen atoms in total. The van der Waals surface area contributed by atoms with Crippen molar-refractivity contribution in [3.05, 3.63) is 218 Å². The minimum Gasteiger partial charge on any atom is -0.228 e. The Bertz CT molecular complexity index is 3120. The molecule has 0 aliphatic heterocycles. The highest BCUT2D eigenvalue weighted by atomic mass is 14.9. The number of fused-ring (bicyclic) bond motifs is 3. The molecule has 10 aromatic rings. The molecular weight excluding hydrogens is 727 g/mol. The summed E-state index contributed by atoms with van der Waals surface area (Å²) in [7, 11) is 0. The lowest BCUT2D eigenvalue weighted by Gasteiger charge is -2.15. The molecule has 1 aliphatic rings. The van der Waals surface area contributed by atoms with E-state index in [0.29, 0.717) is 11.4 Å². The van der Waals surface area contributed by atoms with Crippen molar-refractivity contribution >= 4 is 10.8 Å². The molecule has 0 saturated heterocycles. The summed E-state index contributed by atoms with van der Waals surface area (Å²) in [5.41, 5.74) is 19.6. The zero-order valence-electron chi connectivity index (χ0n) is 32.5. The van der Waals surface area contributed by atoms with Gasteiger partial charge in [-0.25, -0.2) is 9.97 Å². The first-order valence-corrected chi connectivity index (χ1v) is 20.2. The van der Waals surface area contributed by atoms with Gasteiger partial charge in [-0.15, -0.1) is 0 Å². The predicted molar refractivity (Wildman–Crippen MR) is 247 cm³/mol. The molecule has 9 aromatic carbocycles. The predicted octanol–water partition coefficient (Wildman–Crippen LogP) is 14.8. The molecule has 0 saturated carbocycles. The summed E-state index contributed by atoms with van der Waals surface area (Å²) in [4.78, 5) is 10.4. The van der Waals surface area contributed by atoms with Gasteiger partial charge in [0.1, 0.15) is 0 Å². The van der Waals surface area contributed by atoms with Crippen LogP contribution in [0.1, 0.15) is 5.56 Å². The van der Waals surface area contributed by atoms with Crippen molar-refractivity contribution in [2.45, 2.75) is 0 Å². The maximum Gasteiger partial charge on any atom is 0.160 e. The SMILES string of the molecule is N#Cc1ccc(-c2ccc3c4c(ccc(-c5ccc(-c6nc(-c7ccc(-c8ccccc8)cc7)cc(-c7ccc(-c8ccccc8)cc7)n6)cc5)c24)-c2ccccc2-3)cc1. The molecule has 278 valence electrons. The van der Waals surface area contributed by atoms with Gasteiger partial charge in [-0.2, -0.15) is 5.26 Å². The van der Waals surface area contributed by atoms with Crippen LogP contribution >= 0.6 is 0 Å². The Kier molecular flexibility index (Phi) is 8.54. The van der Waals surface area contributed by atoms with Crippen molar-refractivity contribution in [3.8, 4) is 107 Å². The zero-order valence-corrected chi connectivity index (χ0v) is 32.5. The zero-order chi connectivity index (χ0) is 40.0. The molecule has 0 fully saturated rings. The van der Waals surface area contributed by atoms with Gasteiger partial charge in [0.05, 0.1) is 23.0 Å². The van der Waals surface area contributed by atoms with Gasteiger partial charge in [0.2, 0.25) is 0 Å². The van der Waals surface area contributed by atoms with E-state index < -0.39 is 0 Å². The quantitative estimate of drug-likeness (QED) is 0.162. The lowest BCUT2D eigenvalue weighted by Crippen LogP contribution is -1.96. The van der Waals surface area contributed by atoms with Crippen LogP contribution in [0.4, 0.5) is 0 Å². The Morgan fingerprint density at radius 3 is 1.10 bits per heavy atom. The van der Waals surface area contributed by atoms with E-state index >= 15 is 0 Å². The lowest BCUT2D eigenvalue weighted by molar-refractivity contribution is 1.18. The fourth-order valence-electron chi connectivity index (χ4n) is 8.70. The van der Waals surface area contributed by atoms with Crippen molar-refractivity contribution in [1.29, 1.82) is 5.26 Å². The van der Waals surface area contributed by atoms with E-state index in [0.717, 1.165) is 61.5 Å². The molecule has 0 unspecified atom stereocenters. The van der Waals surface area contributed by atoms with Crippen LogP contribution in [-0.4, -0.2) is 9.97 Å². The molecule has 0 atom stereocenters. The number of benzene rings is 9. The van der Waals surface area contributed by atoms with Gasteiger partial charge in [0, 0.05) is 16.7 Å². The van der Waals surface area contributed by atoms with Gasteiger partial charge in [0.25, 0.3) is 0 Å². The highest BCUT2D eigenvalue weighted by molar-refractivity contribution is 6.22. The van der Waals surface area contributed by atoms with E-state index in [2.05, 4.69) is 194 Å². The molecule has 1 aromatic heterocycles. The summed E-state index contributed by atoms with van der Waals surface area (Å²) in [5, 5.41) is 12.0. The third-order valence-corrected chi connectivity index (χ3v) is 11.7. The molecule has 0 N–H and O–H groups in total. The maximum atomic E-state index is 9.54. The Morgan fingerprint density at radius 2 is 0.633 bits per heavy atom. The van der Waals surface area contributed by atoms with Crippen LogP contribution in [0.15, 0.2) is 212 Å². The molecule has 60 heavy (non-hydrogen) atoms. The number of hydrogen-bond acceptors (Lipinski definition) is 3. The molecule has 3 heteroatoms. The van der Waals surface area contributed by atoms with Crippen molar-refractivity contribution in [3.63, 3.8) is 0 Å². The number of aromatic nitrogens is 2. The van der Waals surface area contributed by atoms with Gasteiger partial charge < -0.3 is 0 Å². The summed E-state index contributed by atoms with van der Waals surface area (Å²) in [6.45, 7) is 0. The average Bonchev–Trinajstić information content (AvgIpc) is 3.66. The smallest absolute Gasteiger partial charge is 0.160 e. The summed E-state index contributed by atoms with van der Waals surface area (Å²) in [6, 6.07) is 76.9. The monoisotopic (exact) mass is 761 g/mol. The first-order chi connectivity index (χ1) is 29.7. The standard InChI is InChI=1S/C57H35N3/c58-36-37-15-17-42(18-16-37)47-31-33-51-49-13-7-8-14-50(49)52-34-32-48(55(47)56(51)52)43-23-29-46(30-24-43)57-59-53(44-25-19-40(20-26-44)38-9-3-1-4-10-38)35-54(60-57)45-27-21-41(22-28-45)39-11-5-2-6-12-39/h1-35H. The van der Waals surface area contributed by atoms with Gasteiger partial charge in [-0.3, -0.25) is 0 Å². The second-order valence-corrected chi connectivity index (χ2v) is 15.2. The third kappa shape index (κ3) is 6.16. The van der Waals surface area contributed by atoms with Crippen LogP contribution in [-0.2, 0) is 0 Å². The fourth-order valence-corrected chi connectivity index (χ4v) is 8.70. The van der Waals surface area contributed by atoms with Crippen molar-refractivity contribution in [2.24, 2.45) is 0 Å². The van der Waals surface area contributed by atoms with Crippen LogP contribution in [0.5, 0.6) is 0 Å². The van der Waals surface area contributed by atoms with Crippen LogP contribution in [0.3, 0.4) is 0 Å². The molecule has 11 rings (SSSR count). The van der Waals surface area contributed by atoms with E-state index in [1.807, 2.05) is 24.3 Å². The second-order valence-electron chi connectivity index (χ2n) is 15.2. The molecule has 0 spiro atoms. The van der Waals surface area contributed by atoms with Gasteiger partial charge in [-0.05, 0) is 95.7 Å². The Balaban J connectivity index is 1.02. The van der Waals surface area contributed by atoms with E-state index in [4.69, 9.17) is 9.97 Å². The topological polar surface area (TPSA) is 49.6 Å². The van der Waals surface area contributed by atoms with E-state index in [1.54, 1.807) is 0 Å². The molecule has 0 radical (unpaired) electrons. The molecular formula is C57H35N3. The van der Waals surface area contributed by atoms with E-state index in [-0.39, 0.29) is 0 Å². The number of rotatable bonds is 7. The molecule has 1 heterocycles. The first kappa shape index (κ1) is 35.0. The fraction of sp³-hybridized carbons (Fsp3) is 0. The number of hydrogen-bond donors (Lipinski definition) is 0. The lowest BCUT2D eigenvalue weighted by atomic mass is 9.88. The van der Waals surface area contributed by atoms with Crippen LogP contribution in [0.25, 0.3) is 111 Å².